The highest BCUT2D eigenvalue weighted by Gasteiger charge is 2.38. The van der Waals surface area contributed by atoms with E-state index in [9.17, 15) is 22.8 Å². The molecule has 2 rings (SSSR count). The molecule has 0 aliphatic carbocycles. The van der Waals surface area contributed by atoms with Crippen LogP contribution >= 0.6 is 12.2 Å². The van der Waals surface area contributed by atoms with Crippen LogP contribution in [0.3, 0.4) is 0 Å². The van der Waals surface area contributed by atoms with Crippen LogP contribution in [0.25, 0.3) is 11.3 Å². The maximum Gasteiger partial charge on any atom is 0.490 e. The molecule has 0 radical (unpaired) electrons. The number of alkyl halides is 3. The van der Waals surface area contributed by atoms with Gasteiger partial charge in [-0.1, -0.05) is 13.8 Å². The second-order valence-electron chi connectivity index (χ2n) is 7.42. The molecule has 1 heterocycles. The summed E-state index contributed by atoms with van der Waals surface area (Å²) in [4.78, 5) is 35.2. The molecule has 194 valence electrons. The number of ether oxygens (including phenoxy) is 2. The molecule has 0 aliphatic heterocycles. The first-order chi connectivity index (χ1) is 16.2. The minimum absolute atomic E-state index is 0.0576. The van der Waals surface area contributed by atoms with Gasteiger partial charge in [-0.25, -0.2) is 4.79 Å². The van der Waals surface area contributed by atoms with Gasteiger partial charge in [0, 0.05) is 30.8 Å². The molecule has 14 heteroatoms. The monoisotopic (exact) mass is 520 g/mol. The zero-order valence-corrected chi connectivity index (χ0v) is 20.2. The number of nitrogens with one attached hydrogen (secondary N) is 2. The largest absolute Gasteiger partial charge is 0.497 e. The number of aromatic nitrogens is 2. The fourth-order valence-electron chi connectivity index (χ4n) is 2.97. The smallest absolute Gasteiger partial charge is 0.490 e. The van der Waals surface area contributed by atoms with Gasteiger partial charge < -0.3 is 30.2 Å². The molecule has 0 fully saturated rings. The lowest BCUT2D eigenvalue weighted by molar-refractivity contribution is -0.192. The predicted molar refractivity (Wildman–Crippen MR) is 124 cm³/mol. The van der Waals surface area contributed by atoms with Crippen LogP contribution in [-0.4, -0.2) is 59.5 Å². The van der Waals surface area contributed by atoms with Crippen LogP contribution in [0.5, 0.6) is 11.5 Å². The van der Waals surface area contributed by atoms with Crippen molar-refractivity contribution in [1.29, 1.82) is 0 Å². The molecule has 0 bridgehead atoms. The summed E-state index contributed by atoms with van der Waals surface area (Å²) in [5, 5.41) is 10.3. The van der Waals surface area contributed by atoms with Gasteiger partial charge in [0.1, 0.15) is 11.5 Å². The number of amides is 1. The Balaban J connectivity index is 0.000000762. The van der Waals surface area contributed by atoms with Crippen LogP contribution in [0.15, 0.2) is 29.1 Å². The number of carbonyl (C=O) groups excluding carboxylic acids is 1. The molecule has 1 atom stereocenters. The third kappa shape index (κ3) is 8.72. The van der Waals surface area contributed by atoms with Crippen molar-refractivity contribution in [1.82, 2.24) is 14.9 Å². The Labute approximate surface area is 203 Å². The van der Waals surface area contributed by atoms with Crippen molar-refractivity contribution in [3.05, 3.63) is 39.4 Å². The van der Waals surface area contributed by atoms with Gasteiger partial charge in [-0.15, -0.1) is 0 Å². The molecule has 1 amide bonds. The molecule has 0 saturated heterocycles. The first kappa shape index (κ1) is 29.6. The predicted octanol–water partition coefficient (Wildman–Crippen LogP) is 2.32. The molecule has 0 aliphatic rings. The number of rotatable bonds is 9. The molecular formula is C21H27F3N4O6S. The molecule has 1 aromatic carbocycles. The number of benzene rings is 1. The number of aliphatic carboxylic acids is 1. The lowest BCUT2D eigenvalue weighted by Crippen LogP contribution is -2.46. The number of H-pyrrole nitrogens is 1. The van der Waals surface area contributed by atoms with E-state index in [2.05, 4.69) is 10.3 Å². The Hall–Kier alpha value is -3.39. The topological polar surface area (TPSA) is 149 Å². The third-order valence-electron chi connectivity index (χ3n) is 4.63. The minimum Gasteiger partial charge on any atom is -0.497 e. The Kier molecular flexibility index (Phi) is 10.9. The third-order valence-corrected chi connectivity index (χ3v) is 4.96. The van der Waals surface area contributed by atoms with Gasteiger partial charge in [0.25, 0.3) is 5.56 Å². The average Bonchev–Trinajstić information content (AvgIpc) is 2.76. The Bertz CT molecular complexity index is 1150. The van der Waals surface area contributed by atoms with Crippen LogP contribution < -0.4 is 26.1 Å². The van der Waals surface area contributed by atoms with E-state index < -0.39 is 24.1 Å². The van der Waals surface area contributed by atoms with Crippen molar-refractivity contribution in [2.24, 2.45) is 11.7 Å². The first-order valence-electron chi connectivity index (χ1n) is 10.1. The Morgan fingerprint density at radius 2 is 1.83 bits per heavy atom. The fraction of sp³-hybridized carbons (Fsp3) is 0.429. The number of carboxylic acids is 1. The number of carboxylic acid groups (broad SMARTS) is 1. The molecule has 0 unspecified atom stereocenters. The number of hydrogen-bond acceptors (Lipinski definition) is 7. The maximum absolute atomic E-state index is 12.0. The summed E-state index contributed by atoms with van der Waals surface area (Å²) in [6, 6.07) is 6.35. The number of nitrogens with zero attached hydrogens (tertiary/aromatic N) is 1. The molecule has 0 saturated carbocycles. The SMILES string of the molecule is COc1ccc(-c2cc(=O)[nH]c(=S)n2CCN[C@H](C(N)=O)C(C)C)c(OC)c1.O=C(O)C(F)(F)F. The summed E-state index contributed by atoms with van der Waals surface area (Å²) in [7, 11) is 3.12. The van der Waals surface area contributed by atoms with Crippen molar-refractivity contribution in [2.45, 2.75) is 32.6 Å². The first-order valence-corrected chi connectivity index (χ1v) is 10.5. The van der Waals surface area contributed by atoms with E-state index in [-0.39, 0.29) is 16.2 Å². The van der Waals surface area contributed by atoms with Gasteiger partial charge in [0.05, 0.1) is 26.0 Å². The van der Waals surface area contributed by atoms with Crippen LogP contribution in [0.2, 0.25) is 0 Å². The summed E-state index contributed by atoms with van der Waals surface area (Å²) in [5.74, 6) is -1.91. The number of carbonyl (C=O) groups is 2. The molecule has 1 aromatic heterocycles. The standard InChI is InChI=1S/C19H26N4O4S.C2HF3O2/c1-11(2)17(18(20)25)21-7-8-23-14(10-16(24)22-19(23)28)13-6-5-12(26-3)9-15(13)27-4;3-2(4,5)1(6)7/h5-6,9-11,17,21H,7-8H2,1-4H3,(H2,20,25)(H,22,24,28);(H,6,7)/t17-;/m0./s1. The highest BCUT2D eigenvalue weighted by atomic mass is 32.1. The summed E-state index contributed by atoms with van der Waals surface area (Å²) in [6.07, 6.45) is -5.08. The van der Waals surface area contributed by atoms with Gasteiger partial charge in [-0.2, -0.15) is 13.2 Å². The van der Waals surface area contributed by atoms with E-state index in [1.54, 1.807) is 30.9 Å². The Morgan fingerprint density at radius 3 is 2.29 bits per heavy atom. The van der Waals surface area contributed by atoms with Crippen LogP contribution in [0.4, 0.5) is 13.2 Å². The minimum atomic E-state index is -5.08. The lowest BCUT2D eigenvalue weighted by Gasteiger charge is -2.21. The van der Waals surface area contributed by atoms with Crippen molar-refractivity contribution < 1.29 is 37.3 Å². The van der Waals surface area contributed by atoms with Crippen molar-refractivity contribution in [3.63, 3.8) is 0 Å². The number of hydrogen-bond donors (Lipinski definition) is 4. The van der Waals surface area contributed by atoms with Crippen LogP contribution in [0.1, 0.15) is 13.8 Å². The van der Waals surface area contributed by atoms with Crippen LogP contribution in [-0.2, 0) is 16.1 Å². The number of nitrogens with two attached hydrogens (primary N) is 1. The number of methoxy groups -OCH3 is 2. The molecule has 10 nitrogen and oxygen atoms in total. The maximum atomic E-state index is 12.0. The van der Waals surface area contributed by atoms with E-state index >= 15 is 0 Å². The van der Waals surface area contributed by atoms with Gasteiger partial charge in [-0.05, 0) is 30.3 Å². The lowest BCUT2D eigenvalue weighted by atomic mass is 10.0. The van der Waals surface area contributed by atoms with E-state index in [1.165, 1.54) is 6.07 Å². The molecule has 5 N–H and O–H groups in total. The van der Waals surface area contributed by atoms with Gasteiger partial charge in [-0.3, -0.25) is 14.6 Å². The highest BCUT2D eigenvalue weighted by Crippen LogP contribution is 2.32. The second-order valence-corrected chi connectivity index (χ2v) is 7.81. The molecule has 0 spiro atoms. The van der Waals surface area contributed by atoms with E-state index in [1.807, 2.05) is 19.9 Å². The fourth-order valence-corrected chi connectivity index (χ4v) is 3.26. The van der Waals surface area contributed by atoms with Gasteiger partial charge in [0.2, 0.25) is 5.91 Å². The number of halogens is 3. The van der Waals surface area contributed by atoms with Gasteiger partial charge in [0.15, 0.2) is 4.77 Å². The zero-order chi connectivity index (χ0) is 26.9. The van der Waals surface area contributed by atoms with E-state index in [4.69, 9.17) is 37.3 Å². The number of primary amides is 1. The highest BCUT2D eigenvalue weighted by molar-refractivity contribution is 7.71. The van der Waals surface area contributed by atoms with Crippen molar-refractivity contribution in [3.8, 4) is 22.8 Å². The van der Waals surface area contributed by atoms with Crippen molar-refractivity contribution in [2.75, 3.05) is 20.8 Å². The van der Waals surface area contributed by atoms with E-state index in [0.717, 1.165) is 0 Å². The zero-order valence-electron chi connectivity index (χ0n) is 19.4. The Morgan fingerprint density at radius 1 is 1.23 bits per heavy atom. The average molecular weight is 521 g/mol. The summed E-state index contributed by atoms with van der Waals surface area (Å²) in [5.41, 5.74) is 6.45. The van der Waals surface area contributed by atoms with E-state index in [0.29, 0.717) is 35.8 Å². The normalized spacial score (nSPS) is 11.9. The summed E-state index contributed by atoms with van der Waals surface area (Å²) < 4.78 is 44.5. The molecule has 35 heavy (non-hydrogen) atoms. The van der Waals surface area contributed by atoms with Crippen LogP contribution in [0, 0.1) is 10.7 Å². The second kappa shape index (κ2) is 12.9. The summed E-state index contributed by atoms with van der Waals surface area (Å²) in [6.45, 7) is 4.71. The van der Waals surface area contributed by atoms with Crippen molar-refractivity contribution >= 4 is 24.1 Å². The molecule has 2 aromatic rings. The summed E-state index contributed by atoms with van der Waals surface area (Å²) >= 11 is 5.36. The number of aromatic amines is 1. The van der Waals surface area contributed by atoms with Gasteiger partial charge >= 0.3 is 12.1 Å². The molecular weight excluding hydrogens is 493 g/mol. The quantitative estimate of drug-likeness (QED) is 0.368.